The number of nitrogens with one attached hydrogen (secondary N) is 1. The van der Waals surface area contributed by atoms with E-state index in [0.717, 1.165) is 0 Å². The van der Waals surface area contributed by atoms with Gasteiger partial charge < -0.3 is 9.73 Å². The molecule has 1 N–H and O–H groups in total. The number of carbonyl (C=O) groups is 2. The molecule has 2 aromatic heterocycles. The summed E-state index contributed by atoms with van der Waals surface area (Å²) >= 11 is 1.31. The van der Waals surface area contributed by atoms with Crippen LogP contribution in [0.2, 0.25) is 0 Å². The van der Waals surface area contributed by atoms with Crippen molar-refractivity contribution in [3.8, 4) is 0 Å². The van der Waals surface area contributed by atoms with Gasteiger partial charge in [-0.3, -0.25) is 9.59 Å². The molecule has 1 aliphatic heterocycles. The van der Waals surface area contributed by atoms with Crippen molar-refractivity contribution in [3.63, 3.8) is 0 Å². The van der Waals surface area contributed by atoms with Crippen LogP contribution in [0.15, 0.2) is 46.2 Å². The van der Waals surface area contributed by atoms with E-state index in [1.54, 1.807) is 30.3 Å². The molecule has 0 aliphatic carbocycles. The number of piperidine rings is 1. The zero-order valence-electron chi connectivity index (χ0n) is 15.8. The van der Waals surface area contributed by atoms with E-state index in [0.29, 0.717) is 47.5 Å². The largest absolute Gasteiger partial charge is 0.450 e. The van der Waals surface area contributed by atoms with Crippen LogP contribution in [0.3, 0.4) is 0 Å². The molecule has 0 unspecified atom stereocenters. The number of benzene rings is 1. The summed E-state index contributed by atoms with van der Waals surface area (Å²) < 4.78 is 30.5. The van der Waals surface area contributed by atoms with Crippen LogP contribution in [0.5, 0.6) is 0 Å². The van der Waals surface area contributed by atoms with Gasteiger partial charge in [0.15, 0.2) is 5.76 Å². The van der Waals surface area contributed by atoms with E-state index in [2.05, 4.69) is 5.32 Å². The number of para-hydroxylation sites is 1. The lowest BCUT2D eigenvalue weighted by atomic mass is 9.97. The van der Waals surface area contributed by atoms with Gasteiger partial charge in [-0.15, -0.1) is 11.3 Å². The van der Waals surface area contributed by atoms with Crippen molar-refractivity contribution in [2.45, 2.75) is 12.8 Å². The third-order valence-electron chi connectivity index (χ3n) is 5.09. The molecule has 1 fully saturated rings. The van der Waals surface area contributed by atoms with Crippen LogP contribution >= 0.6 is 11.3 Å². The highest BCUT2D eigenvalue weighted by Gasteiger charge is 2.31. The molecule has 0 saturated carbocycles. The van der Waals surface area contributed by atoms with Crippen LogP contribution in [-0.4, -0.2) is 43.8 Å². The number of amides is 1. The van der Waals surface area contributed by atoms with Gasteiger partial charge in [0.25, 0.3) is 0 Å². The van der Waals surface area contributed by atoms with Crippen molar-refractivity contribution in [3.05, 3.63) is 52.4 Å². The highest BCUT2D eigenvalue weighted by molar-refractivity contribution is 7.88. The van der Waals surface area contributed by atoms with Crippen molar-refractivity contribution in [2.75, 3.05) is 24.7 Å². The molecule has 0 atom stereocenters. The van der Waals surface area contributed by atoms with Crippen LogP contribution in [0.1, 0.15) is 28.3 Å². The van der Waals surface area contributed by atoms with Crippen molar-refractivity contribution < 1.29 is 22.4 Å². The topological polar surface area (TPSA) is 96.7 Å². The first-order valence-corrected chi connectivity index (χ1v) is 11.9. The first kappa shape index (κ1) is 19.8. The lowest BCUT2D eigenvalue weighted by molar-refractivity contribution is -0.120. The van der Waals surface area contributed by atoms with E-state index in [1.165, 1.54) is 21.9 Å². The smallest absolute Gasteiger partial charge is 0.240 e. The van der Waals surface area contributed by atoms with E-state index in [4.69, 9.17) is 4.42 Å². The van der Waals surface area contributed by atoms with Gasteiger partial charge in [-0.1, -0.05) is 18.2 Å². The number of hydrogen-bond acceptors (Lipinski definition) is 6. The fourth-order valence-corrected chi connectivity index (χ4v) is 5.06. The van der Waals surface area contributed by atoms with E-state index >= 15 is 0 Å². The molecule has 29 heavy (non-hydrogen) atoms. The number of ketones is 1. The zero-order valence-corrected chi connectivity index (χ0v) is 17.4. The number of carbonyl (C=O) groups excluding carboxylic acids is 2. The molecule has 4 rings (SSSR count). The number of thiophene rings is 1. The summed E-state index contributed by atoms with van der Waals surface area (Å²) in [6.45, 7) is 0.619. The maximum absolute atomic E-state index is 12.9. The number of anilines is 1. The highest BCUT2D eigenvalue weighted by atomic mass is 32.2. The van der Waals surface area contributed by atoms with Crippen molar-refractivity contribution in [1.29, 1.82) is 0 Å². The second-order valence-electron chi connectivity index (χ2n) is 7.03. The minimum Gasteiger partial charge on any atom is -0.450 e. The third kappa shape index (κ3) is 3.98. The van der Waals surface area contributed by atoms with Crippen LogP contribution in [0, 0.1) is 5.92 Å². The zero-order chi connectivity index (χ0) is 20.6. The second kappa shape index (κ2) is 7.74. The van der Waals surface area contributed by atoms with Gasteiger partial charge in [0.2, 0.25) is 21.7 Å². The third-order valence-corrected chi connectivity index (χ3v) is 7.26. The van der Waals surface area contributed by atoms with Crippen molar-refractivity contribution >= 4 is 49.7 Å². The molecular weight excluding hydrogens is 412 g/mol. The molecule has 3 heterocycles. The van der Waals surface area contributed by atoms with Crippen LogP contribution < -0.4 is 5.32 Å². The first-order valence-electron chi connectivity index (χ1n) is 9.20. The first-order chi connectivity index (χ1) is 13.8. The summed E-state index contributed by atoms with van der Waals surface area (Å²) in [4.78, 5) is 26.3. The summed E-state index contributed by atoms with van der Waals surface area (Å²) in [5.74, 6) is -0.731. The van der Waals surface area contributed by atoms with Gasteiger partial charge in [-0.25, -0.2) is 12.7 Å². The lowest BCUT2D eigenvalue weighted by Crippen LogP contribution is -2.40. The van der Waals surface area contributed by atoms with Gasteiger partial charge in [-0.2, -0.15) is 0 Å². The Balaban J connectivity index is 1.60. The summed E-state index contributed by atoms with van der Waals surface area (Å²) in [5.41, 5.74) is 0.893. The normalized spacial score (nSPS) is 16.2. The Morgan fingerprint density at radius 3 is 2.52 bits per heavy atom. The number of rotatable bonds is 5. The Morgan fingerprint density at radius 2 is 1.86 bits per heavy atom. The van der Waals surface area contributed by atoms with Gasteiger partial charge in [0.1, 0.15) is 5.58 Å². The second-order valence-corrected chi connectivity index (χ2v) is 9.96. The predicted molar refractivity (Wildman–Crippen MR) is 112 cm³/mol. The summed E-state index contributed by atoms with van der Waals surface area (Å²) in [5, 5.41) is 5.35. The van der Waals surface area contributed by atoms with E-state index in [9.17, 15) is 18.0 Å². The minimum absolute atomic E-state index is 0.107. The summed E-state index contributed by atoms with van der Waals surface area (Å²) in [6, 6.07) is 10.7. The SMILES string of the molecule is CS(=O)(=O)N1CCC(C(=O)Nc2c(C(=O)c3cccs3)oc3ccccc23)CC1. The van der Waals surface area contributed by atoms with Gasteiger partial charge in [0.05, 0.1) is 16.8 Å². The Bertz CT molecular complexity index is 1160. The molecule has 0 radical (unpaired) electrons. The average Bonchev–Trinajstić information content (AvgIpc) is 3.36. The molecular formula is C20H20N2O5S2. The van der Waals surface area contributed by atoms with Crippen LogP contribution in [-0.2, 0) is 14.8 Å². The Morgan fingerprint density at radius 1 is 1.14 bits per heavy atom. The molecule has 1 saturated heterocycles. The number of sulfonamides is 1. The number of nitrogens with zero attached hydrogens (tertiary/aromatic N) is 1. The Kier molecular flexibility index (Phi) is 5.28. The monoisotopic (exact) mass is 432 g/mol. The van der Waals surface area contributed by atoms with Gasteiger partial charge >= 0.3 is 0 Å². The molecule has 1 aromatic carbocycles. The highest BCUT2D eigenvalue weighted by Crippen LogP contribution is 2.34. The molecule has 1 aliphatic rings. The maximum atomic E-state index is 12.9. The number of fused-ring (bicyclic) bond motifs is 1. The quantitative estimate of drug-likeness (QED) is 0.624. The molecule has 0 spiro atoms. The van der Waals surface area contributed by atoms with Crippen molar-refractivity contribution in [1.82, 2.24) is 4.31 Å². The molecule has 0 bridgehead atoms. The average molecular weight is 433 g/mol. The maximum Gasteiger partial charge on any atom is 0.240 e. The van der Waals surface area contributed by atoms with E-state index in [1.807, 2.05) is 11.4 Å². The molecule has 9 heteroatoms. The molecule has 1 amide bonds. The Labute approximate surface area is 172 Å². The summed E-state index contributed by atoms with van der Waals surface area (Å²) in [7, 11) is -3.25. The predicted octanol–water partition coefficient (Wildman–Crippen LogP) is 3.34. The van der Waals surface area contributed by atoms with Crippen LogP contribution in [0.4, 0.5) is 5.69 Å². The van der Waals surface area contributed by atoms with Crippen LogP contribution in [0.25, 0.3) is 11.0 Å². The fraction of sp³-hybridized carbons (Fsp3) is 0.300. The van der Waals surface area contributed by atoms with Crippen molar-refractivity contribution in [2.24, 2.45) is 5.92 Å². The molecule has 7 nitrogen and oxygen atoms in total. The lowest BCUT2D eigenvalue weighted by Gasteiger charge is -2.29. The number of furan rings is 1. The van der Waals surface area contributed by atoms with Gasteiger partial charge in [0, 0.05) is 24.4 Å². The van der Waals surface area contributed by atoms with E-state index in [-0.39, 0.29) is 23.4 Å². The standard InChI is InChI=1S/C20H20N2O5S2/c1-29(25,26)22-10-8-13(9-11-22)20(24)21-17-14-5-2-3-6-15(14)27-19(17)18(23)16-7-4-12-28-16/h2-7,12-13H,8-11H2,1H3,(H,21,24). The van der Waals surface area contributed by atoms with Gasteiger partial charge in [-0.05, 0) is 36.4 Å². The number of hydrogen-bond donors (Lipinski definition) is 1. The molecule has 152 valence electrons. The van der Waals surface area contributed by atoms with E-state index < -0.39 is 10.0 Å². The minimum atomic E-state index is -3.25. The fourth-order valence-electron chi connectivity index (χ4n) is 3.52. The molecule has 3 aromatic rings. The summed E-state index contributed by atoms with van der Waals surface area (Å²) in [6.07, 6.45) is 2.04. The Hall–Kier alpha value is -2.49.